The fourth-order valence-corrected chi connectivity index (χ4v) is 1.02. The molecule has 2 aliphatic rings. The summed E-state index contributed by atoms with van der Waals surface area (Å²) in [5.41, 5.74) is 0. The van der Waals surface area contributed by atoms with E-state index in [9.17, 15) is 0 Å². The molecule has 1 saturated carbocycles. The molecule has 12 heavy (non-hydrogen) atoms. The van der Waals surface area contributed by atoms with Crippen molar-refractivity contribution in [1.82, 2.24) is 10.6 Å². The predicted octanol–water partition coefficient (Wildman–Crippen LogP) is 0.220. The Hall–Kier alpha value is -0.120. The van der Waals surface area contributed by atoms with Gasteiger partial charge in [-0.3, -0.25) is 0 Å². The number of epoxide rings is 1. The van der Waals surface area contributed by atoms with Crippen molar-refractivity contribution in [2.45, 2.75) is 18.9 Å². The van der Waals surface area contributed by atoms with E-state index in [1.165, 1.54) is 19.4 Å². The molecule has 1 aliphatic carbocycles. The highest BCUT2D eigenvalue weighted by Gasteiger charge is 2.20. The molecule has 3 nitrogen and oxygen atoms in total. The van der Waals surface area contributed by atoms with Gasteiger partial charge in [0.05, 0.1) is 12.7 Å². The van der Waals surface area contributed by atoms with Gasteiger partial charge in [0.2, 0.25) is 0 Å². The number of hydrogen-bond donors (Lipinski definition) is 2. The van der Waals surface area contributed by atoms with E-state index in [1.54, 1.807) is 0 Å². The molecule has 1 aliphatic heterocycles. The molecule has 72 valence electrons. The molecule has 2 N–H and O–H groups in total. The molecular formula is C9H20N2O. The van der Waals surface area contributed by atoms with Gasteiger partial charge in [0.1, 0.15) is 0 Å². The van der Waals surface area contributed by atoms with Crippen LogP contribution in [0.3, 0.4) is 0 Å². The third-order valence-corrected chi connectivity index (χ3v) is 2.02. The number of hydrogen-bond acceptors (Lipinski definition) is 3. The Morgan fingerprint density at radius 2 is 1.75 bits per heavy atom. The molecule has 0 aromatic heterocycles. The second-order valence-electron chi connectivity index (χ2n) is 3.51. The molecule has 1 unspecified atom stereocenters. The lowest BCUT2D eigenvalue weighted by atomic mass is 10.4. The zero-order valence-electron chi connectivity index (χ0n) is 8.10. The molecule has 3 heteroatoms. The van der Waals surface area contributed by atoms with Crippen molar-refractivity contribution in [3.05, 3.63) is 0 Å². The van der Waals surface area contributed by atoms with Crippen LogP contribution < -0.4 is 10.6 Å². The van der Waals surface area contributed by atoms with Gasteiger partial charge in [-0.2, -0.15) is 0 Å². The first-order chi connectivity index (χ1) is 5.86. The van der Waals surface area contributed by atoms with Crippen molar-refractivity contribution in [3.8, 4) is 0 Å². The van der Waals surface area contributed by atoms with Crippen LogP contribution in [-0.4, -0.2) is 39.9 Å². The van der Waals surface area contributed by atoms with Crippen LogP contribution in [-0.2, 0) is 4.74 Å². The van der Waals surface area contributed by atoms with Gasteiger partial charge in [-0.1, -0.05) is 0 Å². The third kappa shape index (κ3) is 5.52. The Kier molecular flexibility index (Phi) is 4.58. The van der Waals surface area contributed by atoms with Crippen LogP contribution in [0.4, 0.5) is 0 Å². The molecule has 0 aromatic rings. The maximum atomic E-state index is 4.89. The van der Waals surface area contributed by atoms with Crippen molar-refractivity contribution >= 4 is 0 Å². The highest BCUT2D eigenvalue weighted by Crippen LogP contribution is 2.27. The van der Waals surface area contributed by atoms with Gasteiger partial charge in [-0.25, -0.2) is 0 Å². The molecule has 0 spiro atoms. The molecule has 0 radical (unpaired) electrons. The summed E-state index contributed by atoms with van der Waals surface area (Å²) in [4.78, 5) is 0. The van der Waals surface area contributed by atoms with E-state index in [2.05, 4.69) is 10.6 Å². The van der Waals surface area contributed by atoms with E-state index in [4.69, 9.17) is 4.74 Å². The predicted molar refractivity (Wildman–Crippen MR) is 50.3 cm³/mol. The fraction of sp³-hybridized carbons (Fsp3) is 1.00. The summed E-state index contributed by atoms with van der Waals surface area (Å²) in [5.74, 6) is 1.04. The topological polar surface area (TPSA) is 36.6 Å². The Bertz CT molecular complexity index is 97.1. The van der Waals surface area contributed by atoms with Crippen LogP contribution in [0.5, 0.6) is 0 Å². The standard InChI is InChI=1S/C5H11N.C4H9NO/c1-6-4-5-2-3-5;1-5-2-4-3-6-4/h5-6H,2-4H2,1H3;4-5H,2-3H2,1H3. The summed E-state index contributed by atoms with van der Waals surface area (Å²) >= 11 is 0. The van der Waals surface area contributed by atoms with Gasteiger partial charge in [0.25, 0.3) is 0 Å². The van der Waals surface area contributed by atoms with Crippen molar-refractivity contribution in [1.29, 1.82) is 0 Å². The molecule has 2 fully saturated rings. The fourth-order valence-electron chi connectivity index (χ4n) is 1.02. The largest absolute Gasteiger partial charge is 0.372 e. The van der Waals surface area contributed by atoms with Gasteiger partial charge in [0.15, 0.2) is 0 Å². The maximum Gasteiger partial charge on any atom is 0.0933 e. The highest BCUT2D eigenvalue weighted by molar-refractivity contribution is 4.73. The van der Waals surface area contributed by atoms with E-state index in [0.717, 1.165) is 19.1 Å². The van der Waals surface area contributed by atoms with E-state index in [-0.39, 0.29) is 0 Å². The molecule has 1 atom stereocenters. The summed E-state index contributed by atoms with van der Waals surface area (Å²) in [5, 5.41) is 6.13. The lowest BCUT2D eigenvalue weighted by Gasteiger charge is -1.87. The molecule has 0 aromatic carbocycles. The lowest BCUT2D eigenvalue weighted by molar-refractivity contribution is 0.402. The number of nitrogens with one attached hydrogen (secondary N) is 2. The first-order valence-electron chi connectivity index (χ1n) is 4.77. The molecular weight excluding hydrogens is 152 g/mol. The van der Waals surface area contributed by atoms with Crippen molar-refractivity contribution < 1.29 is 4.74 Å². The van der Waals surface area contributed by atoms with Gasteiger partial charge < -0.3 is 15.4 Å². The second-order valence-corrected chi connectivity index (χ2v) is 3.51. The van der Waals surface area contributed by atoms with Gasteiger partial charge >= 0.3 is 0 Å². The average Bonchev–Trinajstić information content (AvgIpc) is 2.81. The monoisotopic (exact) mass is 172 g/mol. The van der Waals surface area contributed by atoms with E-state index in [1.807, 2.05) is 14.1 Å². The van der Waals surface area contributed by atoms with Crippen LogP contribution in [0.25, 0.3) is 0 Å². The second kappa shape index (κ2) is 5.51. The molecule has 0 amide bonds. The smallest absolute Gasteiger partial charge is 0.0933 e. The Balaban J connectivity index is 0.000000120. The zero-order valence-corrected chi connectivity index (χ0v) is 8.10. The quantitative estimate of drug-likeness (QED) is 0.596. The summed E-state index contributed by atoms with van der Waals surface area (Å²) in [6.07, 6.45) is 3.46. The van der Waals surface area contributed by atoms with Gasteiger partial charge in [0, 0.05) is 6.54 Å². The van der Waals surface area contributed by atoms with Crippen LogP contribution in [0.2, 0.25) is 0 Å². The Labute approximate surface area is 74.9 Å². The normalized spacial score (nSPS) is 26.0. The lowest BCUT2D eigenvalue weighted by Crippen LogP contribution is -2.12. The van der Waals surface area contributed by atoms with Crippen LogP contribution in [0.15, 0.2) is 0 Å². The minimum absolute atomic E-state index is 0.537. The Morgan fingerprint density at radius 3 is 1.92 bits per heavy atom. The van der Waals surface area contributed by atoms with Gasteiger partial charge in [-0.15, -0.1) is 0 Å². The molecule has 1 saturated heterocycles. The van der Waals surface area contributed by atoms with Crippen molar-refractivity contribution in [2.75, 3.05) is 33.8 Å². The number of ether oxygens (including phenoxy) is 1. The number of rotatable bonds is 4. The van der Waals surface area contributed by atoms with E-state index < -0.39 is 0 Å². The SMILES string of the molecule is CNCC1CC1.CNCC1CO1. The molecule has 1 heterocycles. The Morgan fingerprint density at radius 1 is 1.17 bits per heavy atom. The first kappa shape index (κ1) is 9.96. The minimum atomic E-state index is 0.537. The molecule has 2 rings (SSSR count). The summed E-state index contributed by atoms with van der Waals surface area (Å²) in [6.45, 7) is 3.21. The summed E-state index contributed by atoms with van der Waals surface area (Å²) in [7, 11) is 3.94. The molecule has 0 bridgehead atoms. The van der Waals surface area contributed by atoms with E-state index in [0.29, 0.717) is 6.10 Å². The summed E-state index contributed by atoms with van der Waals surface area (Å²) < 4.78 is 4.89. The average molecular weight is 172 g/mol. The van der Waals surface area contributed by atoms with Crippen molar-refractivity contribution in [3.63, 3.8) is 0 Å². The van der Waals surface area contributed by atoms with Crippen LogP contribution >= 0.6 is 0 Å². The van der Waals surface area contributed by atoms with Crippen LogP contribution in [0, 0.1) is 5.92 Å². The van der Waals surface area contributed by atoms with Crippen molar-refractivity contribution in [2.24, 2.45) is 5.92 Å². The van der Waals surface area contributed by atoms with E-state index >= 15 is 0 Å². The minimum Gasteiger partial charge on any atom is -0.372 e. The van der Waals surface area contributed by atoms with Gasteiger partial charge in [-0.05, 0) is 39.4 Å². The summed E-state index contributed by atoms with van der Waals surface area (Å²) in [6, 6.07) is 0. The first-order valence-corrected chi connectivity index (χ1v) is 4.77. The zero-order chi connectivity index (χ0) is 8.81. The number of likely N-dealkylation sites (N-methyl/N-ethyl adjacent to an activating group) is 1. The highest BCUT2D eigenvalue weighted by atomic mass is 16.6. The van der Waals surface area contributed by atoms with Crippen LogP contribution in [0.1, 0.15) is 12.8 Å². The third-order valence-electron chi connectivity index (χ3n) is 2.02. The maximum absolute atomic E-state index is 4.89.